The minimum Gasteiger partial charge on any atom is -0.384 e. The molecule has 0 saturated carbocycles. The van der Waals surface area contributed by atoms with E-state index in [9.17, 15) is 8.42 Å². The molecule has 2 atom stereocenters. The number of ether oxygens (including phenoxy) is 1. The second kappa shape index (κ2) is 5.92. The van der Waals surface area contributed by atoms with E-state index in [1.807, 2.05) is 38.1 Å². The van der Waals surface area contributed by atoms with Gasteiger partial charge in [-0.2, -0.15) is 0 Å². The first kappa shape index (κ1) is 14.3. The van der Waals surface area contributed by atoms with Crippen LogP contribution < -0.4 is 5.32 Å². The van der Waals surface area contributed by atoms with Gasteiger partial charge in [0.05, 0.1) is 17.1 Å². The molecule has 1 saturated heterocycles. The Morgan fingerprint density at radius 2 is 2.21 bits per heavy atom. The van der Waals surface area contributed by atoms with E-state index in [1.165, 1.54) is 0 Å². The Balaban J connectivity index is 1.88. The van der Waals surface area contributed by atoms with E-state index in [4.69, 9.17) is 4.74 Å². The maximum Gasteiger partial charge on any atom is 0.157 e. The lowest BCUT2D eigenvalue weighted by Crippen LogP contribution is -2.32. The lowest BCUT2D eigenvalue weighted by molar-refractivity contribution is 0.126. The number of anilines is 1. The summed E-state index contributed by atoms with van der Waals surface area (Å²) in [5.74, 6) is 0.152. The van der Waals surface area contributed by atoms with Crippen molar-refractivity contribution < 1.29 is 13.2 Å². The first-order valence-electron chi connectivity index (χ1n) is 6.63. The molecule has 1 N–H and O–H groups in total. The highest BCUT2D eigenvalue weighted by atomic mass is 32.2. The Kier molecular flexibility index (Phi) is 4.47. The van der Waals surface area contributed by atoms with E-state index >= 15 is 0 Å². The smallest absolute Gasteiger partial charge is 0.157 e. The molecular weight excluding hydrogens is 262 g/mol. The molecule has 2 unspecified atom stereocenters. The van der Waals surface area contributed by atoms with Crippen LogP contribution >= 0.6 is 0 Å². The second-order valence-corrected chi connectivity index (χ2v) is 7.41. The fourth-order valence-electron chi connectivity index (χ4n) is 2.43. The number of aryl methyl sites for hydroxylation is 1. The molecular formula is C14H21NO3S. The molecule has 2 rings (SSSR count). The van der Waals surface area contributed by atoms with Crippen molar-refractivity contribution in [3.05, 3.63) is 29.8 Å². The molecule has 1 aliphatic rings. The van der Waals surface area contributed by atoms with Crippen molar-refractivity contribution in [2.75, 3.05) is 24.2 Å². The predicted molar refractivity (Wildman–Crippen MR) is 77.3 cm³/mol. The Labute approximate surface area is 115 Å². The van der Waals surface area contributed by atoms with Crippen LogP contribution in [0.25, 0.3) is 0 Å². The Morgan fingerprint density at radius 3 is 2.84 bits per heavy atom. The SMILES string of the molecule is Cc1cccc(NCCS(=O)(=O)C2CCOC2C)c1. The molecule has 106 valence electrons. The number of benzene rings is 1. The first-order chi connectivity index (χ1) is 8.99. The van der Waals surface area contributed by atoms with Gasteiger partial charge in [-0.25, -0.2) is 8.42 Å². The van der Waals surface area contributed by atoms with Crippen LogP contribution in [0, 0.1) is 6.92 Å². The van der Waals surface area contributed by atoms with Crippen LogP contribution in [0.2, 0.25) is 0 Å². The van der Waals surface area contributed by atoms with Crippen LogP contribution in [0.3, 0.4) is 0 Å². The molecule has 0 aliphatic carbocycles. The summed E-state index contributed by atoms with van der Waals surface area (Å²) >= 11 is 0. The lowest BCUT2D eigenvalue weighted by Gasteiger charge is -2.15. The molecule has 5 heteroatoms. The van der Waals surface area contributed by atoms with Gasteiger partial charge in [-0.05, 0) is 38.0 Å². The van der Waals surface area contributed by atoms with Gasteiger partial charge in [-0.15, -0.1) is 0 Å². The van der Waals surface area contributed by atoms with Crippen molar-refractivity contribution in [3.8, 4) is 0 Å². The van der Waals surface area contributed by atoms with Gasteiger partial charge in [0, 0.05) is 18.8 Å². The minimum atomic E-state index is -3.08. The van der Waals surface area contributed by atoms with E-state index in [2.05, 4.69) is 5.32 Å². The van der Waals surface area contributed by atoms with Crippen LogP contribution in [0.1, 0.15) is 18.9 Å². The molecule has 1 fully saturated rings. The van der Waals surface area contributed by atoms with Crippen molar-refractivity contribution in [1.82, 2.24) is 0 Å². The molecule has 1 aromatic carbocycles. The average molecular weight is 283 g/mol. The van der Waals surface area contributed by atoms with Gasteiger partial charge < -0.3 is 10.1 Å². The zero-order chi connectivity index (χ0) is 13.9. The molecule has 0 aromatic heterocycles. The van der Waals surface area contributed by atoms with Crippen molar-refractivity contribution in [3.63, 3.8) is 0 Å². The maximum absolute atomic E-state index is 12.2. The summed E-state index contributed by atoms with van der Waals surface area (Å²) in [6.07, 6.45) is 0.442. The zero-order valence-corrected chi connectivity index (χ0v) is 12.2. The molecule has 0 bridgehead atoms. The molecule has 1 aromatic rings. The van der Waals surface area contributed by atoms with E-state index in [-0.39, 0.29) is 17.1 Å². The summed E-state index contributed by atoms with van der Waals surface area (Å²) in [4.78, 5) is 0. The van der Waals surface area contributed by atoms with Gasteiger partial charge >= 0.3 is 0 Å². The molecule has 0 amide bonds. The Bertz CT molecular complexity index is 527. The Hall–Kier alpha value is -1.07. The second-order valence-electron chi connectivity index (χ2n) is 5.07. The maximum atomic E-state index is 12.2. The van der Waals surface area contributed by atoms with Gasteiger partial charge in [0.25, 0.3) is 0 Å². The van der Waals surface area contributed by atoms with Crippen LogP contribution in [0.15, 0.2) is 24.3 Å². The fraction of sp³-hybridized carbons (Fsp3) is 0.571. The summed E-state index contributed by atoms with van der Waals surface area (Å²) in [6.45, 7) is 4.84. The van der Waals surface area contributed by atoms with Gasteiger partial charge in [0.15, 0.2) is 9.84 Å². The largest absolute Gasteiger partial charge is 0.384 e. The van der Waals surface area contributed by atoms with Gasteiger partial charge in [0.2, 0.25) is 0 Å². The summed E-state index contributed by atoms with van der Waals surface area (Å²) in [5, 5.41) is 2.82. The molecule has 19 heavy (non-hydrogen) atoms. The normalized spacial score (nSPS) is 23.5. The highest BCUT2D eigenvalue weighted by Gasteiger charge is 2.35. The lowest BCUT2D eigenvalue weighted by atomic mass is 10.2. The predicted octanol–water partition coefficient (Wildman–Crippen LogP) is 2.00. The standard InChI is InChI=1S/C14H21NO3S/c1-11-4-3-5-13(10-11)15-7-9-19(16,17)14-6-8-18-12(14)2/h3-5,10,12,14-15H,6-9H2,1-2H3. The van der Waals surface area contributed by atoms with E-state index < -0.39 is 9.84 Å². The van der Waals surface area contributed by atoms with E-state index in [0.29, 0.717) is 19.6 Å². The summed E-state index contributed by atoms with van der Waals surface area (Å²) < 4.78 is 29.7. The van der Waals surface area contributed by atoms with Gasteiger partial charge in [0.1, 0.15) is 0 Å². The third-order valence-corrected chi connectivity index (χ3v) is 5.82. The molecule has 0 spiro atoms. The topological polar surface area (TPSA) is 55.4 Å². The van der Waals surface area contributed by atoms with Crippen LogP contribution in [-0.4, -0.2) is 38.7 Å². The van der Waals surface area contributed by atoms with E-state index in [1.54, 1.807) is 0 Å². The van der Waals surface area contributed by atoms with Crippen LogP contribution in [-0.2, 0) is 14.6 Å². The van der Waals surface area contributed by atoms with Crippen molar-refractivity contribution >= 4 is 15.5 Å². The number of rotatable bonds is 5. The molecule has 4 nitrogen and oxygen atoms in total. The minimum absolute atomic E-state index is 0.152. The zero-order valence-electron chi connectivity index (χ0n) is 11.4. The first-order valence-corrected chi connectivity index (χ1v) is 8.34. The monoisotopic (exact) mass is 283 g/mol. The molecule has 0 radical (unpaired) electrons. The fourth-order valence-corrected chi connectivity index (χ4v) is 4.23. The number of hydrogen-bond donors (Lipinski definition) is 1. The number of hydrogen-bond acceptors (Lipinski definition) is 4. The third-order valence-electron chi connectivity index (χ3n) is 3.50. The average Bonchev–Trinajstić information content (AvgIpc) is 2.76. The van der Waals surface area contributed by atoms with Crippen molar-refractivity contribution in [2.45, 2.75) is 31.6 Å². The van der Waals surface area contributed by atoms with Gasteiger partial charge in [-0.3, -0.25) is 0 Å². The molecule has 1 heterocycles. The third kappa shape index (κ3) is 3.70. The summed E-state index contributed by atoms with van der Waals surface area (Å²) in [5.41, 5.74) is 2.12. The highest BCUT2D eigenvalue weighted by molar-refractivity contribution is 7.92. The highest BCUT2D eigenvalue weighted by Crippen LogP contribution is 2.21. The molecule has 1 aliphatic heterocycles. The number of nitrogens with one attached hydrogen (secondary N) is 1. The summed E-state index contributed by atoms with van der Waals surface area (Å²) in [7, 11) is -3.08. The van der Waals surface area contributed by atoms with Crippen molar-refractivity contribution in [1.29, 1.82) is 0 Å². The van der Waals surface area contributed by atoms with Gasteiger partial charge in [-0.1, -0.05) is 12.1 Å². The quantitative estimate of drug-likeness (QED) is 0.898. The van der Waals surface area contributed by atoms with Crippen LogP contribution in [0.4, 0.5) is 5.69 Å². The summed E-state index contributed by atoms with van der Waals surface area (Å²) in [6, 6.07) is 7.92. The number of sulfone groups is 1. The Morgan fingerprint density at radius 1 is 1.42 bits per heavy atom. The van der Waals surface area contributed by atoms with Crippen molar-refractivity contribution in [2.24, 2.45) is 0 Å². The van der Waals surface area contributed by atoms with E-state index in [0.717, 1.165) is 11.3 Å². The van der Waals surface area contributed by atoms with Crippen LogP contribution in [0.5, 0.6) is 0 Å².